The fourth-order valence-corrected chi connectivity index (χ4v) is 4.32. The van der Waals surface area contributed by atoms with Crippen LogP contribution in [0.3, 0.4) is 0 Å². The van der Waals surface area contributed by atoms with Gasteiger partial charge in [0.25, 0.3) is 0 Å². The maximum Gasteiger partial charge on any atom is 0.238 e. The highest BCUT2D eigenvalue weighted by molar-refractivity contribution is 7.89. The zero-order chi connectivity index (χ0) is 21.7. The molecule has 0 unspecified atom stereocenters. The van der Waals surface area contributed by atoms with E-state index in [4.69, 9.17) is 10.9 Å². The van der Waals surface area contributed by atoms with Crippen molar-refractivity contribution >= 4 is 21.8 Å². The Balaban J connectivity index is 1.55. The van der Waals surface area contributed by atoms with Gasteiger partial charge in [-0.05, 0) is 56.0 Å². The molecule has 0 aliphatic carbocycles. The third-order valence-corrected chi connectivity index (χ3v) is 6.21. The minimum Gasteiger partial charge on any atom is -0.370 e. The minimum atomic E-state index is -3.66. The van der Waals surface area contributed by atoms with Crippen LogP contribution in [-0.2, 0) is 16.4 Å². The highest BCUT2D eigenvalue weighted by Crippen LogP contribution is 2.28. The summed E-state index contributed by atoms with van der Waals surface area (Å²) in [7, 11) is -3.66. The van der Waals surface area contributed by atoms with Crippen molar-refractivity contribution in [3.8, 4) is 0 Å². The maximum atomic E-state index is 11.3. The summed E-state index contributed by atoms with van der Waals surface area (Å²) in [4.78, 5) is 11.4. The van der Waals surface area contributed by atoms with E-state index in [1.807, 2.05) is 6.07 Å². The van der Waals surface area contributed by atoms with Crippen LogP contribution < -0.4 is 16.2 Å². The highest BCUT2D eigenvalue weighted by atomic mass is 32.2. The predicted octanol–water partition coefficient (Wildman–Crippen LogP) is 2.15. The number of nitrogen functional groups attached to an aromatic ring is 1. The zero-order valence-electron chi connectivity index (χ0n) is 17.6. The smallest absolute Gasteiger partial charge is 0.238 e. The molecule has 163 valence electrons. The average molecular weight is 432 g/mol. The largest absolute Gasteiger partial charge is 0.370 e. The number of hydrogen-bond acceptors (Lipinski definition) is 7. The molecule has 1 saturated heterocycles. The number of primary sulfonamides is 1. The number of nitrogens with zero attached hydrogens (tertiary/aromatic N) is 3. The molecule has 5 N–H and O–H groups in total. The van der Waals surface area contributed by atoms with Crippen LogP contribution >= 0.6 is 0 Å². The molecule has 30 heavy (non-hydrogen) atoms. The van der Waals surface area contributed by atoms with E-state index in [1.165, 1.54) is 18.1 Å². The van der Waals surface area contributed by atoms with Crippen LogP contribution in [0.4, 0.5) is 11.8 Å². The summed E-state index contributed by atoms with van der Waals surface area (Å²) in [5.74, 6) is 2.84. The van der Waals surface area contributed by atoms with Crippen LogP contribution in [0.15, 0.2) is 35.2 Å². The van der Waals surface area contributed by atoms with E-state index >= 15 is 0 Å². The molecule has 3 rings (SSSR count). The van der Waals surface area contributed by atoms with Crippen LogP contribution in [0.25, 0.3) is 0 Å². The Morgan fingerprint density at radius 1 is 1.17 bits per heavy atom. The van der Waals surface area contributed by atoms with Gasteiger partial charge in [0, 0.05) is 25.1 Å². The van der Waals surface area contributed by atoms with Gasteiger partial charge in [0.2, 0.25) is 16.0 Å². The van der Waals surface area contributed by atoms with Gasteiger partial charge in [-0.3, -0.25) is 0 Å². The molecule has 1 aromatic carbocycles. The molecule has 1 radical (unpaired) electrons. The molecule has 0 bridgehead atoms. The molecular weight excluding hydrogens is 400 g/mol. The van der Waals surface area contributed by atoms with Gasteiger partial charge >= 0.3 is 0 Å². The molecule has 1 aliphatic heterocycles. The molecular formula is C21H31N6O2S. The first kappa shape index (κ1) is 22.5. The first-order valence-electron chi connectivity index (χ1n) is 10.2. The normalized spacial score (nSPS) is 16.1. The van der Waals surface area contributed by atoms with Gasteiger partial charge in [-0.25, -0.2) is 18.5 Å². The number of aromatic nitrogens is 2. The van der Waals surface area contributed by atoms with Crippen molar-refractivity contribution < 1.29 is 8.42 Å². The van der Waals surface area contributed by atoms with E-state index in [-0.39, 0.29) is 10.8 Å². The molecule has 1 aliphatic rings. The van der Waals surface area contributed by atoms with E-state index in [0.717, 1.165) is 56.0 Å². The molecule has 0 spiro atoms. The third-order valence-electron chi connectivity index (χ3n) is 5.28. The Kier molecular flexibility index (Phi) is 7.27. The van der Waals surface area contributed by atoms with Gasteiger partial charge in [0.1, 0.15) is 5.82 Å². The predicted molar refractivity (Wildman–Crippen MR) is 119 cm³/mol. The van der Waals surface area contributed by atoms with Gasteiger partial charge in [-0.2, -0.15) is 4.98 Å². The Bertz CT molecular complexity index is 938. The van der Waals surface area contributed by atoms with Crippen molar-refractivity contribution in [1.82, 2.24) is 14.9 Å². The first-order chi connectivity index (χ1) is 14.2. The zero-order valence-corrected chi connectivity index (χ0v) is 18.5. The number of anilines is 2. The van der Waals surface area contributed by atoms with E-state index in [2.05, 4.69) is 34.0 Å². The lowest BCUT2D eigenvalue weighted by Gasteiger charge is -2.32. The van der Waals surface area contributed by atoms with Gasteiger partial charge in [-0.15, -0.1) is 0 Å². The Labute approximate surface area is 179 Å². The number of sulfonamides is 1. The van der Waals surface area contributed by atoms with Crippen LogP contribution in [0.5, 0.6) is 0 Å². The second-order valence-corrected chi connectivity index (χ2v) is 9.72. The van der Waals surface area contributed by atoms with Crippen LogP contribution in [0, 0.1) is 5.92 Å². The Morgan fingerprint density at radius 3 is 2.43 bits per heavy atom. The first-order valence-corrected chi connectivity index (χ1v) is 11.8. The number of nitrogens with one attached hydrogen (secondary N) is 1. The van der Waals surface area contributed by atoms with Crippen LogP contribution in [0.1, 0.15) is 43.9 Å². The molecule has 1 aromatic heterocycles. The topological polar surface area (TPSA) is 127 Å². The van der Waals surface area contributed by atoms with Crippen LogP contribution in [0.2, 0.25) is 0 Å². The molecule has 0 amide bonds. The molecule has 1 fully saturated rings. The number of hydrogen-bond donors (Lipinski definition) is 3. The summed E-state index contributed by atoms with van der Waals surface area (Å²) >= 11 is 0. The molecule has 2 heterocycles. The number of nitrogens with two attached hydrogens (primary N) is 2. The molecule has 8 nitrogen and oxygen atoms in total. The lowest BCUT2D eigenvalue weighted by atomic mass is 9.92. The number of rotatable bonds is 8. The second-order valence-electron chi connectivity index (χ2n) is 8.16. The van der Waals surface area contributed by atoms with Crippen molar-refractivity contribution in [1.29, 1.82) is 0 Å². The van der Waals surface area contributed by atoms with E-state index in [1.54, 1.807) is 12.1 Å². The summed E-state index contributed by atoms with van der Waals surface area (Å²) in [5, 5.41) is 8.44. The van der Waals surface area contributed by atoms with Gasteiger partial charge in [-0.1, -0.05) is 26.0 Å². The highest BCUT2D eigenvalue weighted by Gasteiger charge is 2.23. The maximum absolute atomic E-state index is 11.3. The van der Waals surface area contributed by atoms with Gasteiger partial charge in [0.05, 0.1) is 10.6 Å². The molecule has 2 aromatic rings. The van der Waals surface area contributed by atoms with Gasteiger partial charge < -0.3 is 16.0 Å². The Morgan fingerprint density at radius 2 is 1.83 bits per heavy atom. The standard InChI is InChI=1S/C21H31N6O2S/c1-15(2)14-27-11-8-17(9-12-27)19-13-20(26-21(22)25-19)24-10-7-16-3-5-18(6-4-16)30(23,28)29/h3-6,13,17H,7-12,14H2,1-2H3,(H2,23,28,29)(H3,22,24,25,26). The minimum absolute atomic E-state index is 0.116. The molecule has 9 heteroatoms. The Hall–Kier alpha value is -2.23. The van der Waals surface area contributed by atoms with Crippen LogP contribution in [-0.4, -0.2) is 49.5 Å². The van der Waals surface area contributed by atoms with E-state index in [0.29, 0.717) is 12.5 Å². The van der Waals surface area contributed by atoms with Crippen molar-refractivity contribution in [2.45, 2.75) is 43.9 Å². The second kappa shape index (κ2) is 9.72. The fraction of sp³-hybridized carbons (Fsp3) is 0.476. The summed E-state index contributed by atoms with van der Waals surface area (Å²) in [6, 6.07) is 8.58. The number of piperidine rings is 1. The summed E-state index contributed by atoms with van der Waals surface area (Å²) in [6.07, 6.45) is 2.86. The third kappa shape index (κ3) is 6.38. The summed E-state index contributed by atoms with van der Waals surface area (Å²) < 4.78 is 22.7. The van der Waals surface area contributed by atoms with E-state index < -0.39 is 10.0 Å². The van der Waals surface area contributed by atoms with Crippen molar-refractivity contribution in [2.24, 2.45) is 5.14 Å². The van der Waals surface area contributed by atoms with Crippen molar-refractivity contribution in [2.75, 3.05) is 37.2 Å². The lowest BCUT2D eigenvalue weighted by molar-refractivity contribution is 0.218. The fourth-order valence-electron chi connectivity index (χ4n) is 3.80. The quantitative estimate of drug-likeness (QED) is 0.584. The summed E-state index contributed by atoms with van der Waals surface area (Å²) in [6.45, 7) is 8.18. The van der Waals surface area contributed by atoms with Gasteiger partial charge in [0.15, 0.2) is 0 Å². The van der Waals surface area contributed by atoms with Crippen molar-refractivity contribution in [3.63, 3.8) is 0 Å². The molecule has 0 saturated carbocycles. The lowest BCUT2D eigenvalue weighted by Crippen LogP contribution is -2.35. The summed E-state index contributed by atoms with van der Waals surface area (Å²) in [5.41, 5.74) is 7.96. The van der Waals surface area contributed by atoms with Crippen molar-refractivity contribution in [3.05, 3.63) is 47.5 Å². The number of likely N-dealkylation sites (tertiary alicyclic amines) is 1. The number of benzene rings is 1. The molecule has 0 atom stereocenters. The monoisotopic (exact) mass is 431 g/mol. The van der Waals surface area contributed by atoms with E-state index in [9.17, 15) is 8.42 Å². The SMILES string of the molecule is C[C](C)CN1CCC(c2cc(NCCc3ccc(S(N)(=O)=O)cc3)nc(N)n2)CC1. The average Bonchev–Trinajstić information content (AvgIpc) is 2.67.